The van der Waals surface area contributed by atoms with Crippen molar-refractivity contribution in [3.05, 3.63) is 35.4 Å². The number of hydrogen-bond donors (Lipinski definition) is 3. The molecule has 16 nitrogen and oxygen atoms in total. The summed E-state index contributed by atoms with van der Waals surface area (Å²) in [5, 5.41) is 20.5. The lowest BCUT2D eigenvalue weighted by Crippen LogP contribution is -2.55. The van der Waals surface area contributed by atoms with Gasteiger partial charge in [0, 0.05) is 77.9 Å². The van der Waals surface area contributed by atoms with Crippen LogP contribution in [0.5, 0.6) is 0 Å². The summed E-state index contributed by atoms with van der Waals surface area (Å²) in [5.74, 6) is 1.49. The van der Waals surface area contributed by atoms with Crippen LogP contribution in [0.4, 0.5) is 4.79 Å². The molecule has 3 heterocycles. The summed E-state index contributed by atoms with van der Waals surface area (Å²) in [5.41, 5.74) is 2.15. The molecule has 8 unspecified atom stereocenters. The maximum Gasteiger partial charge on any atom is 0.409 e. The lowest BCUT2D eigenvalue weighted by molar-refractivity contribution is -0.492. The van der Waals surface area contributed by atoms with Gasteiger partial charge in [0.25, 0.3) is 0 Å². The van der Waals surface area contributed by atoms with Gasteiger partial charge in [0.1, 0.15) is 0 Å². The molecule has 1 aromatic rings. The molecule has 1 aromatic carbocycles. The number of morpholine rings is 1. The van der Waals surface area contributed by atoms with Crippen LogP contribution < -0.4 is 5.32 Å². The monoisotopic (exact) mass is 806 g/mol. The summed E-state index contributed by atoms with van der Waals surface area (Å²) in [7, 11) is 3.40. The number of piperidine rings is 1. The second kappa shape index (κ2) is 22.8. The van der Waals surface area contributed by atoms with Gasteiger partial charge in [-0.25, -0.2) is 4.79 Å². The number of nitrogens with zero attached hydrogens (tertiary/aromatic N) is 3. The summed E-state index contributed by atoms with van der Waals surface area (Å²) in [4.78, 5) is 35.9. The Morgan fingerprint density at radius 1 is 0.947 bits per heavy atom. The number of unbranched alkanes of at least 4 members (excludes halogenated alkanes) is 1. The third-order valence-electron chi connectivity index (χ3n) is 12.6. The third-order valence-corrected chi connectivity index (χ3v) is 12.6. The zero-order valence-corrected chi connectivity index (χ0v) is 33.9. The van der Waals surface area contributed by atoms with E-state index >= 15 is 0 Å². The van der Waals surface area contributed by atoms with Gasteiger partial charge < -0.3 is 43.4 Å². The van der Waals surface area contributed by atoms with Crippen LogP contribution >= 0.6 is 0 Å². The summed E-state index contributed by atoms with van der Waals surface area (Å²) in [6.45, 7) is 8.32. The molecule has 0 radical (unpaired) electrons. The normalized spacial score (nSPS) is 29.9. The molecular formula is C41H66N4O12. The fourth-order valence-electron chi connectivity index (χ4n) is 9.42. The van der Waals surface area contributed by atoms with Crippen molar-refractivity contribution in [1.29, 1.82) is 0 Å². The van der Waals surface area contributed by atoms with Crippen molar-refractivity contribution in [3.8, 4) is 0 Å². The van der Waals surface area contributed by atoms with Crippen LogP contribution in [0.15, 0.2) is 24.3 Å². The molecule has 57 heavy (non-hydrogen) atoms. The standard InChI is InChI=1S/C41H66N4O12/c1-50-14-5-12-43-13-17-54-37-11-8-30(20-36(37)43)26-56-38-24-44(41(47)55-15-3-4-16-57-45(48)49)23-32(22-42-39(46)21-33-34-27-53-28-35(33)34)40(38)31-9-6-29(7-10-31)25-52-19-18-51-2/h6-7,9-10,30,32-38,40,48-49H,3-5,8,11-28H2,1-2H3,(H,42,46). The molecule has 3 saturated heterocycles. The average molecular weight is 807 g/mol. The Labute approximate surface area is 337 Å². The van der Waals surface area contributed by atoms with Gasteiger partial charge in [0.15, 0.2) is 0 Å². The Bertz CT molecular complexity index is 1350. The molecule has 0 bridgehead atoms. The highest BCUT2D eigenvalue weighted by molar-refractivity contribution is 5.76. The Morgan fingerprint density at radius 3 is 2.51 bits per heavy atom. The first-order valence-electron chi connectivity index (χ1n) is 21.0. The number of ether oxygens (including phenoxy) is 7. The first-order chi connectivity index (χ1) is 27.8. The molecule has 2 amide bonds. The van der Waals surface area contributed by atoms with E-state index < -0.39 is 6.09 Å². The second-order valence-corrected chi connectivity index (χ2v) is 16.3. The first-order valence-corrected chi connectivity index (χ1v) is 21.0. The van der Waals surface area contributed by atoms with Crippen LogP contribution in [0.25, 0.3) is 0 Å². The molecule has 6 rings (SSSR count). The van der Waals surface area contributed by atoms with Crippen molar-refractivity contribution in [2.45, 2.75) is 75.7 Å². The minimum absolute atomic E-state index is 0.0296. The van der Waals surface area contributed by atoms with Crippen molar-refractivity contribution in [2.24, 2.45) is 29.6 Å². The highest BCUT2D eigenvalue weighted by Crippen LogP contribution is 2.52. The number of carbonyl (C=O) groups excluding carboxylic acids is 2. The van der Waals surface area contributed by atoms with Gasteiger partial charge >= 0.3 is 6.09 Å². The van der Waals surface area contributed by atoms with E-state index in [9.17, 15) is 9.59 Å². The van der Waals surface area contributed by atoms with Gasteiger partial charge in [-0.3, -0.25) is 24.9 Å². The van der Waals surface area contributed by atoms with E-state index in [1.807, 2.05) is 0 Å². The van der Waals surface area contributed by atoms with Crippen LogP contribution in [-0.4, -0.2) is 162 Å². The van der Waals surface area contributed by atoms with Crippen molar-refractivity contribution < 1.29 is 58.0 Å². The maximum atomic E-state index is 13.7. The summed E-state index contributed by atoms with van der Waals surface area (Å²) in [6, 6.07) is 8.78. The molecule has 0 aromatic heterocycles. The Hall–Kier alpha value is -2.48. The molecule has 5 aliphatic rings. The minimum atomic E-state index is -0.439. The minimum Gasteiger partial charge on any atom is -0.449 e. The molecule has 3 aliphatic heterocycles. The van der Waals surface area contributed by atoms with Gasteiger partial charge in [-0.1, -0.05) is 24.3 Å². The zero-order valence-electron chi connectivity index (χ0n) is 33.9. The number of carbonyl (C=O) groups is 2. The summed E-state index contributed by atoms with van der Waals surface area (Å²) in [6.07, 6.45) is 4.86. The van der Waals surface area contributed by atoms with Crippen LogP contribution in [0.1, 0.15) is 62.0 Å². The fourth-order valence-corrected chi connectivity index (χ4v) is 9.42. The smallest absolute Gasteiger partial charge is 0.409 e. The van der Waals surface area contributed by atoms with Gasteiger partial charge in [0.2, 0.25) is 5.91 Å². The van der Waals surface area contributed by atoms with Gasteiger partial charge in [-0.05, 0) is 73.3 Å². The molecule has 5 fully saturated rings. The van der Waals surface area contributed by atoms with Crippen LogP contribution in [0, 0.1) is 29.6 Å². The molecule has 3 N–H and O–H groups in total. The number of benzene rings is 1. The fraction of sp³-hybridized carbons (Fsp3) is 0.805. The predicted octanol–water partition coefficient (Wildman–Crippen LogP) is 3.48. The largest absolute Gasteiger partial charge is 0.449 e. The number of amides is 2. The Kier molecular flexibility index (Phi) is 17.6. The number of fused-ring (bicyclic) bond motifs is 2. The van der Waals surface area contributed by atoms with Gasteiger partial charge in [-0.15, -0.1) is 0 Å². The lowest BCUT2D eigenvalue weighted by atomic mass is 9.78. The van der Waals surface area contributed by atoms with Crippen molar-refractivity contribution in [1.82, 2.24) is 20.5 Å². The number of methoxy groups -OCH3 is 2. The Balaban J connectivity index is 1.16. The number of likely N-dealkylation sites (tertiary alicyclic amines) is 1. The zero-order chi connectivity index (χ0) is 40.0. The number of rotatable bonds is 23. The average Bonchev–Trinajstić information content (AvgIpc) is 3.60. The van der Waals surface area contributed by atoms with E-state index in [0.717, 1.165) is 76.3 Å². The van der Waals surface area contributed by atoms with E-state index in [-0.39, 0.29) is 48.6 Å². The molecule has 16 heteroatoms. The predicted molar refractivity (Wildman–Crippen MR) is 205 cm³/mol. The molecule has 2 saturated carbocycles. The molecule has 8 atom stereocenters. The third kappa shape index (κ3) is 13.0. The first kappa shape index (κ1) is 44.1. The molecule has 2 aliphatic carbocycles. The SMILES string of the molecule is COCCCN1CCOC2CCC(COC3CN(C(=O)OCCCCON(O)O)CC(CNC(=O)CC4C5COCC54)C3c3ccc(COCCOC)cc3)CC21. The second-order valence-electron chi connectivity index (χ2n) is 16.3. The van der Waals surface area contributed by atoms with E-state index in [4.69, 9.17) is 43.6 Å². The molecule has 0 spiro atoms. The van der Waals surface area contributed by atoms with Crippen LogP contribution in [0.2, 0.25) is 0 Å². The van der Waals surface area contributed by atoms with Crippen LogP contribution in [-0.2, 0) is 49.4 Å². The van der Waals surface area contributed by atoms with Gasteiger partial charge in [0.05, 0.1) is 77.0 Å². The number of hydrogen-bond acceptors (Lipinski definition) is 14. The van der Waals surface area contributed by atoms with E-state index in [1.54, 1.807) is 19.1 Å². The van der Waals surface area contributed by atoms with E-state index in [2.05, 4.69) is 39.3 Å². The summed E-state index contributed by atoms with van der Waals surface area (Å²) < 4.78 is 40.7. The van der Waals surface area contributed by atoms with Crippen molar-refractivity contribution in [2.75, 3.05) is 106 Å². The quantitative estimate of drug-likeness (QED) is 0.109. The Morgan fingerprint density at radius 2 is 1.74 bits per heavy atom. The van der Waals surface area contributed by atoms with E-state index in [0.29, 0.717) is 95.0 Å². The number of nitrogens with one attached hydrogen (secondary N) is 1. The highest BCUT2D eigenvalue weighted by atomic mass is 17.1. The van der Waals surface area contributed by atoms with Crippen molar-refractivity contribution >= 4 is 12.0 Å². The summed E-state index contributed by atoms with van der Waals surface area (Å²) >= 11 is 0. The van der Waals surface area contributed by atoms with Crippen LogP contribution in [0.3, 0.4) is 0 Å². The molecule has 322 valence electrons. The van der Waals surface area contributed by atoms with E-state index in [1.165, 1.54) is 0 Å². The maximum absolute atomic E-state index is 13.7. The van der Waals surface area contributed by atoms with Gasteiger partial charge in [-0.2, -0.15) is 0 Å². The van der Waals surface area contributed by atoms with Crippen molar-refractivity contribution in [3.63, 3.8) is 0 Å². The lowest BCUT2D eigenvalue weighted by Gasteiger charge is -2.47. The highest BCUT2D eigenvalue weighted by Gasteiger charge is 2.54. The topological polar surface area (TPSA) is 170 Å². The molecular weight excluding hydrogens is 740 g/mol.